The summed E-state index contributed by atoms with van der Waals surface area (Å²) >= 11 is 1.50. The van der Waals surface area contributed by atoms with Crippen molar-refractivity contribution in [2.24, 2.45) is 0 Å². The van der Waals surface area contributed by atoms with Crippen LogP contribution < -0.4 is 0 Å². The topological polar surface area (TPSA) is 78.0 Å². The van der Waals surface area contributed by atoms with Crippen LogP contribution in [0.15, 0.2) is 42.7 Å². The highest BCUT2D eigenvalue weighted by molar-refractivity contribution is 7.18. The van der Waals surface area contributed by atoms with Gasteiger partial charge in [0.1, 0.15) is 16.4 Å². The smallest absolute Gasteiger partial charge is 0.274 e. The minimum atomic E-state index is -0.0245. The summed E-state index contributed by atoms with van der Waals surface area (Å²) in [4.78, 5) is 27.5. The van der Waals surface area contributed by atoms with Crippen molar-refractivity contribution in [3.63, 3.8) is 0 Å². The number of piperazine rings is 1. The molecule has 0 spiro atoms. The maximum Gasteiger partial charge on any atom is 0.274 e. The SMILES string of the molecule is CCc1cccc2c(-c3nc(C(=O)N4CCN(C)CC4)c(-c4cccnc4)s3)n[nH]c12. The van der Waals surface area contributed by atoms with E-state index in [0.29, 0.717) is 18.8 Å². The summed E-state index contributed by atoms with van der Waals surface area (Å²) in [5, 5.41) is 9.53. The Hall–Kier alpha value is -3.10. The monoisotopic (exact) mass is 432 g/mol. The maximum absolute atomic E-state index is 13.5. The van der Waals surface area contributed by atoms with Crippen LogP contribution in [-0.2, 0) is 6.42 Å². The van der Waals surface area contributed by atoms with Gasteiger partial charge in [-0.1, -0.05) is 31.2 Å². The second-order valence-electron chi connectivity index (χ2n) is 7.80. The molecular formula is C23H24N6OS. The number of pyridine rings is 1. The van der Waals surface area contributed by atoms with Crippen LogP contribution in [0.5, 0.6) is 0 Å². The maximum atomic E-state index is 13.5. The first-order valence-electron chi connectivity index (χ1n) is 10.5. The van der Waals surface area contributed by atoms with Gasteiger partial charge in [-0.05, 0) is 25.1 Å². The molecule has 5 rings (SSSR count). The lowest BCUT2D eigenvalue weighted by Gasteiger charge is -2.32. The Labute approximate surface area is 184 Å². The predicted molar refractivity (Wildman–Crippen MR) is 123 cm³/mol. The molecule has 0 unspecified atom stereocenters. The van der Waals surface area contributed by atoms with Gasteiger partial charge in [-0.2, -0.15) is 5.10 Å². The van der Waals surface area contributed by atoms with Gasteiger partial charge in [0.2, 0.25) is 0 Å². The molecule has 0 radical (unpaired) electrons. The zero-order valence-electron chi connectivity index (χ0n) is 17.6. The van der Waals surface area contributed by atoms with E-state index in [1.807, 2.05) is 23.1 Å². The molecule has 1 aromatic carbocycles. The lowest BCUT2D eigenvalue weighted by Crippen LogP contribution is -2.47. The van der Waals surface area contributed by atoms with Crippen LogP contribution in [0, 0.1) is 0 Å². The van der Waals surface area contributed by atoms with Crippen LogP contribution >= 0.6 is 11.3 Å². The number of H-pyrrole nitrogens is 1. The second-order valence-corrected chi connectivity index (χ2v) is 8.80. The average molecular weight is 433 g/mol. The third-order valence-electron chi connectivity index (χ3n) is 5.81. The van der Waals surface area contributed by atoms with Gasteiger partial charge in [0, 0.05) is 49.5 Å². The number of amides is 1. The van der Waals surface area contributed by atoms with Gasteiger partial charge in [-0.3, -0.25) is 14.9 Å². The summed E-state index contributed by atoms with van der Waals surface area (Å²) in [5.74, 6) is -0.0245. The number of hydrogen-bond donors (Lipinski definition) is 1. The van der Waals surface area contributed by atoms with Crippen molar-refractivity contribution in [3.8, 4) is 21.1 Å². The molecule has 31 heavy (non-hydrogen) atoms. The molecule has 1 fully saturated rings. The van der Waals surface area contributed by atoms with Gasteiger partial charge in [0.15, 0.2) is 0 Å². The van der Waals surface area contributed by atoms with Gasteiger partial charge in [-0.25, -0.2) is 4.98 Å². The molecule has 1 amide bonds. The first-order valence-corrected chi connectivity index (χ1v) is 11.3. The predicted octanol–water partition coefficient (Wildman–Crippen LogP) is 3.70. The van der Waals surface area contributed by atoms with Crippen molar-refractivity contribution in [2.75, 3.05) is 33.2 Å². The lowest BCUT2D eigenvalue weighted by molar-refractivity contribution is 0.0660. The number of aromatic amines is 1. The zero-order chi connectivity index (χ0) is 21.4. The van der Waals surface area contributed by atoms with E-state index >= 15 is 0 Å². The van der Waals surface area contributed by atoms with Crippen molar-refractivity contribution in [2.45, 2.75) is 13.3 Å². The summed E-state index contributed by atoms with van der Waals surface area (Å²) in [6, 6.07) is 10.1. The first-order chi connectivity index (χ1) is 15.2. The molecule has 3 aromatic heterocycles. The van der Waals surface area contributed by atoms with Crippen LogP contribution in [0.2, 0.25) is 0 Å². The molecule has 1 aliphatic heterocycles. The standard InChI is InChI=1S/C23H24N6OS/c1-3-15-6-4-8-17-18(15)26-27-19(17)22-25-20(21(31-22)16-7-5-9-24-14-16)23(30)29-12-10-28(2)11-13-29/h4-9,14H,3,10-13H2,1-2H3,(H,26,27). The van der Waals surface area contributed by atoms with E-state index in [1.165, 1.54) is 16.9 Å². The molecule has 0 bridgehead atoms. The number of likely N-dealkylation sites (N-methyl/N-ethyl adjacent to an activating group) is 1. The number of carbonyl (C=O) groups excluding carboxylic acids is 1. The highest BCUT2D eigenvalue weighted by atomic mass is 32.1. The molecule has 0 aliphatic carbocycles. The normalized spacial score (nSPS) is 15.0. The Balaban J connectivity index is 1.61. The van der Waals surface area contributed by atoms with E-state index in [9.17, 15) is 4.79 Å². The lowest BCUT2D eigenvalue weighted by atomic mass is 10.1. The number of carbonyl (C=O) groups is 1. The Morgan fingerprint density at radius 1 is 1.16 bits per heavy atom. The largest absolute Gasteiger partial charge is 0.335 e. The summed E-state index contributed by atoms with van der Waals surface area (Å²) in [6.45, 7) is 5.29. The van der Waals surface area contributed by atoms with E-state index in [-0.39, 0.29) is 5.91 Å². The van der Waals surface area contributed by atoms with E-state index < -0.39 is 0 Å². The van der Waals surface area contributed by atoms with Crippen molar-refractivity contribution >= 4 is 28.1 Å². The molecule has 0 saturated carbocycles. The molecule has 158 valence electrons. The Kier molecular flexibility index (Phi) is 5.25. The van der Waals surface area contributed by atoms with Crippen LogP contribution in [0.25, 0.3) is 32.0 Å². The number of fused-ring (bicyclic) bond motifs is 1. The number of hydrogen-bond acceptors (Lipinski definition) is 6. The van der Waals surface area contributed by atoms with E-state index in [2.05, 4.69) is 46.2 Å². The van der Waals surface area contributed by atoms with Gasteiger partial charge in [-0.15, -0.1) is 11.3 Å². The number of para-hydroxylation sites is 1. The number of benzene rings is 1. The third-order valence-corrected chi connectivity index (χ3v) is 6.92. The summed E-state index contributed by atoms with van der Waals surface area (Å²) in [5.41, 5.74) is 4.43. The molecule has 1 aliphatic rings. The third kappa shape index (κ3) is 3.62. The van der Waals surface area contributed by atoms with Gasteiger partial charge < -0.3 is 9.80 Å². The van der Waals surface area contributed by atoms with Crippen molar-refractivity contribution < 1.29 is 4.79 Å². The van der Waals surface area contributed by atoms with Crippen LogP contribution in [0.1, 0.15) is 23.0 Å². The van der Waals surface area contributed by atoms with Crippen LogP contribution in [0.4, 0.5) is 0 Å². The average Bonchev–Trinajstić information content (AvgIpc) is 3.44. The zero-order valence-corrected chi connectivity index (χ0v) is 18.4. The quantitative estimate of drug-likeness (QED) is 0.532. The number of rotatable bonds is 4. The van der Waals surface area contributed by atoms with E-state index in [4.69, 9.17) is 4.98 Å². The Bertz CT molecular complexity index is 1220. The van der Waals surface area contributed by atoms with Crippen molar-refractivity contribution in [1.29, 1.82) is 0 Å². The summed E-state index contributed by atoms with van der Waals surface area (Å²) in [6.07, 6.45) is 4.45. The van der Waals surface area contributed by atoms with E-state index in [0.717, 1.165) is 51.6 Å². The highest BCUT2D eigenvalue weighted by Crippen LogP contribution is 2.38. The Morgan fingerprint density at radius 3 is 2.74 bits per heavy atom. The number of nitrogens with one attached hydrogen (secondary N) is 1. The molecule has 8 heteroatoms. The summed E-state index contributed by atoms with van der Waals surface area (Å²) in [7, 11) is 2.08. The molecule has 4 heterocycles. The molecule has 0 atom stereocenters. The highest BCUT2D eigenvalue weighted by Gasteiger charge is 2.28. The van der Waals surface area contributed by atoms with Crippen LogP contribution in [-0.4, -0.2) is 69.1 Å². The van der Waals surface area contributed by atoms with Crippen molar-refractivity contribution in [1.82, 2.24) is 30.0 Å². The number of aryl methyl sites for hydroxylation is 1. The molecule has 4 aromatic rings. The van der Waals surface area contributed by atoms with Gasteiger partial charge >= 0.3 is 0 Å². The fourth-order valence-corrected chi connectivity index (χ4v) is 5.03. The number of aromatic nitrogens is 4. The fourth-order valence-electron chi connectivity index (χ4n) is 3.98. The molecule has 1 saturated heterocycles. The molecule has 7 nitrogen and oxygen atoms in total. The second kappa shape index (κ2) is 8.20. The number of nitrogens with zero attached hydrogens (tertiary/aromatic N) is 5. The summed E-state index contributed by atoms with van der Waals surface area (Å²) < 4.78 is 0. The Morgan fingerprint density at radius 2 is 2.00 bits per heavy atom. The van der Waals surface area contributed by atoms with Crippen molar-refractivity contribution in [3.05, 3.63) is 54.0 Å². The minimum absolute atomic E-state index is 0.0245. The molecular weight excluding hydrogens is 408 g/mol. The van der Waals surface area contributed by atoms with Crippen LogP contribution in [0.3, 0.4) is 0 Å². The first kappa shape index (κ1) is 19.8. The molecule has 1 N–H and O–H groups in total. The van der Waals surface area contributed by atoms with Gasteiger partial charge in [0.05, 0.1) is 10.4 Å². The minimum Gasteiger partial charge on any atom is -0.335 e. The van der Waals surface area contributed by atoms with Gasteiger partial charge in [0.25, 0.3) is 5.91 Å². The fraction of sp³-hybridized carbons (Fsp3) is 0.304. The number of thiazole rings is 1. The van der Waals surface area contributed by atoms with E-state index in [1.54, 1.807) is 12.4 Å².